The fourth-order valence-corrected chi connectivity index (χ4v) is 10.1. The molecule has 5 heteroatoms. The summed E-state index contributed by atoms with van der Waals surface area (Å²) in [6.07, 6.45) is 3.12. The molecule has 0 fully saturated rings. The summed E-state index contributed by atoms with van der Waals surface area (Å²) in [7, 11) is 0. The number of thiophene rings is 1. The van der Waals surface area contributed by atoms with Gasteiger partial charge in [0, 0.05) is 58.8 Å². The molecule has 8 aromatic carbocycles. The highest BCUT2D eigenvalue weighted by Crippen LogP contribution is 2.42. The summed E-state index contributed by atoms with van der Waals surface area (Å²) in [6, 6.07) is 60.7. The van der Waals surface area contributed by atoms with E-state index in [-0.39, 0.29) is 5.92 Å². The minimum absolute atomic E-state index is 0.150. The van der Waals surface area contributed by atoms with Crippen molar-refractivity contribution in [2.24, 2.45) is 15.9 Å². The molecule has 0 aliphatic carbocycles. The zero-order valence-corrected chi connectivity index (χ0v) is 32.5. The number of hydrogen-bond acceptors (Lipinski definition) is 4. The first-order valence-electron chi connectivity index (χ1n) is 19.9. The van der Waals surface area contributed by atoms with Crippen LogP contribution in [0.3, 0.4) is 0 Å². The Balaban J connectivity index is 1.14. The molecule has 58 heavy (non-hydrogen) atoms. The third kappa shape index (κ3) is 5.13. The van der Waals surface area contributed by atoms with Gasteiger partial charge in [-0.05, 0) is 77.4 Å². The molecule has 0 amide bonds. The largest absolute Gasteiger partial charge is 0.454 e. The van der Waals surface area contributed by atoms with Gasteiger partial charge in [0.1, 0.15) is 5.58 Å². The summed E-state index contributed by atoms with van der Waals surface area (Å²) in [5.41, 5.74) is 9.95. The van der Waals surface area contributed by atoms with E-state index in [9.17, 15) is 0 Å². The van der Waals surface area contributed by atoms with Crippen LogP contribution in [0.4, 0.5) is 0 Å². The summed E-state index contributed by atoms with van der Waals surface area (Å²) in [4.78, 5) is 11.1. The van der Waals surface area contributed by atoms with Gasteiger partial charge < -0.3 is 8.98 Å². The highest BCUT2D eigenvalue weighted by Gasteiger charge is 2.25. The number of aromatic nitrogens is 1. The standard InChI is InChI=1S/C53H35N3OS/c1-32-23-26-43(36-24-28-49-42(30-36)38-18-9-12-22-48(38)58-49)54-53(55-51(32)33-13-3-2-4-14-33)40-25-27-45(52-50(40)39-19-8-11-21-47(39)57-52)56-44-20-10-7-17-37(44)41-29-34-15-5-6-16-35(34)31-46(41)56/h2-22,24-32H,23H2,1H3/b43-26+,54-53?,55-51?. The molecule has 0 spiro atoms. The Kier molecular flexibility index (Phi) is 7.41. The van der Waals surface area contributed by atoms with E-state index in [0.29, 0.717) is 5.84 Å². The van der Waals surface area contributed by atoms with Crippen molar-refractivity contribution in [3.63, 3.8) is 0 Å². The van der Waals surface area contributed by atoms with Crippen LogP contribution in [-0.2, 0) is 0 Å². The summed E-state index contributed by atoms with van der Waals surface area (Å²) in [6.45, 7) is 2.27. The maximum atomic E-state index is 6.97. The molecule has 1 atom stereocenters. The fraction of sp³-hybridized carbons (Fsp3) is 0.0566. The highest BCUT2D eigenvalue weighted by molar-refractivity contribution is 7.25. The first-order chi connectivity index (χ1) is 28.7. The van der Waals surface area contributed by atoms with Crippen LogP contribution in [-0.4, -0.2) is 16.1 Å². The fourth-order valence-electron chi connectivity index (χ4n) is 9.05. The van der Waals surface area contributed by atoms with E-state index < -0.39 is 0 Å². The number of fused-ring (bicyclic) bond motifs is 10. The van der Waals surface area contributed by atoms with Gasteiger partial charge in [-0.3, -0.25) is 0 Å². The van der Waals surface area contributed by atoms with Crippen LogP contribution in [0.25, 0.3) is 86.1 Å². The molecule has 1 aliphatic heterocycles. The molecule has 4 heterocycles. The van der Waals surface area contributed by atoms with Gasteiger partial charge in [-0.2, -0.15) is 0 Å². The van der Waals surface area contributed by atoms with Crippen LogP contribution in [0.15, 0.2) is 190 Å². The lowest BCUT2D eigenvalue weighted by atomic mass is 9.93. The average molecular weight is 762 g/mol. The van der Waals surface area contributed by atoms with Crippen molar-refractivity contribution >= 4 is 103 Å². The predicted molar refractivity (Wildman–Crippen MR) is 246 cm³/mol. The van der Waals surface area contributed by atoms with Gasteiger partial charge in [-0.1, -0.05) is 128 Å². The van der Waals surface area contributed by atoms with Crippen LogP contribution in [0.1, 0.15) is 30.0 Å². The number of aliphatic imine (C=N–C) groups is 2. The molecule has 4 nitrogen and oxygen atoms in total. The number of rotatable bonds is 4. The predicted octanol–water partition coefficient (Wildman–Crippen LogP) is 14.5. The topological polar surface area (TPSA) is 42.8 Å². The number of amidine groups is 1. The summed E-state index contributed by atoms with van der Waals surface area (Å²) in [5.74, 6) is 0.820. The lowest BCUT2D eigenvalue weighted by molar-refractivity contribution is 0.666. The monoisotopic (exact) mass is 761 g/mol. The van der Waals surface area contributed by atoms with Gasteiger partial charge >= 0.3 is 0 Å². The van der Waals surface area contributed by atoms with E-state index in [1.165, 1.54) is 41.7 Å². The van der Waals surface area contributed by atoms with Crippen molar-refractivity contribution in [2.75, 3.05) is 0 Å². The second-order valence-electron chi connectivity index (χ2n) is 15.3. The van der Waals surface area contributed by atoms with E-state index in [4.69, 9.17) is 14.4 Å². The Morgan fingerprint density at radius 1 is 0.569 bits per heavy atom. The van der Waals surface area contributed by atoms with Crippen LogP contribution in [0.2, 0.25) is 0 Å². The van der Waals surface area contributed by atoms with Crippen LogP contribution in [0, 0.1) is 5.92 Å². The van der Waals surface area contributed by atoms with E-state index in [1.807, 2.05) is 17.4 Å². The van der Waals surface area contributed by atoms with Crippen LogP contribution >= 0.6 is 11.3 Å². The zero-order valence-electron chi connectivity index (χ0n) is 31.7. The van der Waals surface area contributed by atoms with Crippen LogP contribution in [0.5, 0.6) is 0 Å². The van der Waals surface area contributed by atoms with Crippen LogP contribution < -0.4 is 0 Å². The molecule has 11 aromatic rings. The first-order valence-corrected chi connectivity index (χ1v) is 20.7. The molecule has 1 unspecified atom stereocenters. The Bertz CT molecular complexity index is 3560. The number of furan rings is 1. The molecule has 0 saturated heterocycles. The first kappa shape index (κ1) is 33.1. The number of benzene rings is 8. The summed E-state index contributed by atoms with van der Waals surface area (Å²) >= 11 is 1.84. The molecule has 0 saturated carbocycles. The van der Waals surface area contributed by atoms with Crippen molar-refractivity contribution in [1.82, 2.24) is 4.57 Å². The Hall–Kier alpha value is -7.08. The molecule has 1 aliphatic rings. The highest BCUT2D eigenvalue weighted by atomic mass is 32.1. The van der Waals surface area contributed by atoms with E-state index in [1.54, 1.807) is 0 Å². The molecule has 0 radical (unpaired) electrons. The summed E-state index contributed by atoms with van der Waals surface area (Å²) < 4.78 is 11.9. The molecular weight excluding hydrogens is 727 g/mol. The molecular formula is C53H35N3OS. The average Bonchev–Trinajstić information content (AvgIpc) is 3.94. The maximum Gasteiger partial charge on any atom is 0.160 e. The zero-order chi connectivity index (χ0) is 38.3. The second-order valence-corrected chi connectivity index (χ2v) is 16.4. The van der Waals surface area contributed by atoms with Crippen molar-refractivity contribution in [3.8, 4) is 5.69 Å². The molecule has 0 bridgehead atoms. The molecule has 3 aromatic heterocycles. The Morgan fingerprint density at radius 3 is 2.17 bits per heavy atom. The Labute approximate surface area is 338 Å². The van der Waals surface area contributed by atoms with Crippen molar-refractivity contribution in [2.45, 2.75) is 13.3 Å². The van der Waals surface area contributed by atoms with Gasteiger partial charge in [-0.15, -0.1) is 11.3 Å². The van der Waals surface area contributed by atoms with Gasteiger partial charge in [0.15, 0.2) is 11.4 Å². The SMILES string of the molecule is CC1C/C=C(\c2ccc3sc4ccccc4c3c2)N=C(c2ccc(-n3c4ccccc4c4cc5ccccc5cc43)c3oc4ccccc4c23)N=C1c1ccccc1. The molecule has 12 rings (SSSR count). The number of allylic oxidation sites excluding steroid dienone is 1. The third-order valence-corrected chi connectivity index (χ3v) is 13.0. The van der Waals surface area contributed by atoms with E-state index >= 15 is 0 Å². The number of hydrogen-bond donors (Lipinski definition) is 0. The van der Waals surface area contributed by atoms with Crippen molar-refractivity contribution in [1.29, 1.82) is 0 Å². The Morgan fingerprint density at radius 2 is 1.29 bits per heavy atom. The van der Waals surface area contributed by atoms with Gasteiger partial charge in [0.05, 0.1) is 28.1 Å². The summed E-state index contributed by atoms with van der Waals surface area (Å²) in [5, 5.41) is 9.41. The normalized spacial score (nSPS) is 15.9. The lowest BCUT2D eigenvalue weighted by Gasteiger charge is -2.19. The van der Waals surface area contributed by atoms with Gasteiger partial charge in [0.2, 0.25) is 0 Å². The van der Waals surface area contributed by atoms with E-state index in [0.717, 1.165) is 73.2 Å². The number of para-hydroxylation sites is 2. The van der Waals surface area contributed by atoms with Gasteiger partial charge in [0.25, 0.3) is 0 Å². The minimum atomic E-state index is 0.150. The van der Waals surface area contributed by atoms with Gasteiger partial charge in [-0.25, -0.2) is 9.98 Å². The molecule has 0 N–H and O–H groups in total. The third-order valence-electron chi connectivity index (χ3n) is 11.9. The van der Waals surface area contributed by atoms with Crippen molar-refractivity contribution in [3.05, 3.63) is 193 Å². The minimum Gasteiger partial charge on any atom is -0.454 e. The smallest absolute Gasteiger partial charge is 0.160 e. The maximum absolute atomic E-state index is 6.97. The van der Waals surface area contributed by atoms with E-state index in [2.05, 4.69) is 181 Å². The molecule has 274 valence electrons. The second kappa shape index (κ2) is 13.0. The number of nitrogens with zero attached hydrogens (tertiary/aromatic N) is 3. The lowest BCUT2D eigenvalue weighted by Crippen LogP contribution is -2.17. The van der Waals surface area contributed by atoms with Crippen molar-refractivity contribution < 1.29 is 4.42 Å². The quantitative estimate of drug-likeness (QED) is 0.176.